The van der Waals surface area contributed by atoms with Crippen LogP contribution in [0.25, 0.3) is 0 Å². The lowest BCUT2D eigenvalue weighted by atomic mass is 9.94. The predicted molar refractivity (Wildman–Crippen MR) is 108 cm³/mol. The van der Waals surface area contributed by atoms with Crippen LogP contribution in [0.1, 0.15) is 62.8 Å². The molecule has 0 unspecified atom stereocenters. The lowest BCUT2D eigenvalue weighted by Gasteiger charge is -2.33. The van der Waals surface area contributed by atoms with E-state index in [1.54, 1.807) is 4.68 Å². The van der Waals surface area contributed by atoms with E-state index < -0.39 is 0 Å². The zero-order chi connectivity index (χ0) is 19.5. The van der Waals surface area contributed by atoms with E-state index in [2.05, 4.69) is 0 Å². The number of carbonyl (C=O) groups is 1. The highest BCUT2D eigenvalue weighted by molar-refractivity contribution is 5.79. The Morgan fingerprint density at radius 1 is 1.07 bits per heavy atom. The molecule has 1 aliphatic heterocycles. The van der Waals surface area contributed by atoms with Crippen molar-refractivity contribution in [2.45, 2.75) is 64.5 Å². The Bertz CT molecular complexity index is 856. The lowest BCUT2D eigenvalue weighted by molar-refractivity contribution is -0.136. The van der Waals surface area contributed by atoms with E-state index in [0.29, 0.717) is 19.0 Å². The molecule has 150 valence electrons. The summed E-state index contributed by atoms with van der Waals surface area (Å²) in [4.78, 5) is 27.5. The van der Waals surface area contributed by atoms with Crippen molar-refractivity contribution < 1.29 is 4.79 Å². The van der Waals surface area contributed by atoms with E-state index in [9.17, 15) is 9.59 Å². The standard InChI is InChI=1S/C22H30N4O2/c1-2-25-20(23-26(22(25)28)16-17-8-4-3-5-9-17)18-12-14-24(15-13-18)21(27)19-10-6-7-11-19/h3-5,8-9,18-19H,2,6-7,10-16H2,1H3. The number of hydrogen-bond acceptors (Lipinski definition) is 3. The van der Waals surface area contributed by atoms with Crippen molar-refractivity contribution in [3.8, 4) is 0 Å². The zero-order valence-corrected chi connectivity index (χ0v) is 16.7. The van der Waals surface area contributed by atoms with Gasteiger partial charge in [-0.1, -0.05) is 43.2 Å². The molecule has 2 aliphatic rings. The van der Waals surface area contributed by atoms with Gasteiger partial charge in [-0.2, -0.15) is 5.10 Å². The number of aromatic nitrogens is 3. The number of amides is 1. The summed E-state index contributed by atoms with van der Waals surface area (Å²) < 4.78 is 3.40. The molecular weight excluding hydrogens is 352 g/mol. The summed E-state index contributed by atoms with van der Waals surface area (Å²) in [5, 5.41) is 4.71. The normalized spacial score (nSPS) is 18.7. The Labute approximate surface area is 166 Å². The van der Waals surface area contributed by atoms with Gasteiger partial charge in [0.2, 0.25) is 5.91 Å². The molecule has 0 atom stereocenters. The second kappa shape index (κ2) is 8.33. The number of benzene rings is 1. The molecule has 2 fully saturated rings. The van der Waals surface area contributed by atoms with Gasteiger partial charge in [-0.05, 0) is 38.2 Å². The summed E-state index contributed by atoms with van der Waals surface area (Å²) in [7, 11) is 0. The summed E-state index contributed by atoms with van der Waals surface area (Å²) in [5.41, 5.74) is 1.04. The van der Waals surface area contributed by atoms with Gasteiger partial charge in [0.05, 0.1) is 6.54 Å². The van der Waals surface area contributed by atoms with Crippen LogP contribution < -0.4 is 5.69 Å². The van der Waals surface area contributed by atoms with E-state index in [4.69, 9.17) is 5.10 Å². The van der Waals surface area contributed by atoms with Crippen molar-refractivity contribution in [3.63, 3.8) is 0 Å². The summed E-state index contributed by atoms with van der Waals surface area (Å²) in [6.45, 7) is 4.69. The van der Waals surface area contributed by atoms with Crippen LogP contribution in [0.4, 0.5) is 0 Å². The van der Waals surface area contributed by atoms with Gasteiger partial charge in [-0.3, -0.25) is 9.36 Å². The number of hydrogen-bond donors (Lipinski definition) is 0. The fourth-order valence-corrected chi connectivity index (χ4v) is 4.71. The van der Waals surface area contributed by atoms with E-state index in [1.807, 2.05) is 46.7 Å². The van der Waals surface area contributed by atoms with Gasteiger partial charge in [0, 0.05) is 31.5 Å². The Morgan fingerprint density at radius 3 is 2.39 bits per heavy atom. The third-order valence-corrected chi connectivity index (χ3v) is 6.32. The molecule has 1 saturated heterocycles. The lowest BCUT2D eigenvalue weighted by Crippen LogP contribution is -2.41. The third-order valence-electron chi connectivity index (χ3n) is 6.32. The molecule has 2 aromatic rings. The number of piperidine rings is 1. The van der Waals surface area contributed by atoms with Gasteiger partial charge in [0.1, 0.15) is 5.82 Å². The SMILES string of the molecule is CCn1c(C2CCN(C(=O)C3CCCC3)CC2)nn(Cc2ccccc2)c1=O. The van der Waals surface area contributed by atoms with Crippen LogP contribution in [0.5, 0.6) is 0 Å². The maximum absolute atomic E-state index is 12.8. The molecule has 2 heterocycles. The summed E-state index contributed by atoms with van der Waals surface area (Å²) in [6, 6.07) is 9.97. The highest BCUT2D eigenvalue weighted by atomic mass is 16.2. The minimum atomic E-state index is -0.0363. The van der Waals surface area contributed by atoms with Crippen LogP contribution in [0.2, 0.25) is 0 Å². The first-order valence-corrected chi connectivity index (χ1v) is 10.7. The summed E-state index contributed by atoms with van der Waals surface area (Å²) >= 11 is 0. The first-order valence-electron chi connectivity index (χ1n) is 10.7. The third kappa shape index (κ3) is 3.77. The monoisotopic (exact) mass is 382 g/mol. The largest absolute Gasteiger partial charge is 0.346 e. The van der Waals surface area contributed by atoms with Crippen LogP contribution in [-0.2, 0) is 17.9 Å². The second-order valence-corrected chi connectivity index (χ2v) is 8.11. The van der Waals surface area contributed by atoms with Gasteiger partial charge in [-0.25, -0.2) is 9.48 Å². The van der Waals surface area contributed by atoms with Crippen molar-refractivity contribution in [1.29, 1.82) is 0 Å². The fourth-order valence-electron chi connectivity index (χ4n) is 4.71. The topological polar surface area (TPSA) is 60.1 Å². The van der Waals surface area contributed by atoms with E-state index >= 15 is 0 Å². The highest BCUT2D eigenvalue weighted by Crippen LogP contribution is 2.31. The van der Waals surface area contributed by atoms with Gasteiger partial charge in [-0.15, -0.1) is 0 Å². The molecule has 1 aliphatic carbocycles. The van der Waals surface area contributed by atoms with Crippen LogP contribution in [0, 0.1) is 5.92 Å². The van der Waals surface area contributed by atoms with E-state index in [-0.39, 0.29) is 17.5 Å². The first-order chi connectivity index (χ1) is 13.7. The number of likely N-dealkylation sites (tertiary alicyclic amines) is 1. The van der Waals surface area contributed by atoms with Crippen LogP contribution in [0.15, 0.2) is 35.1 Å². The molecule has 4 rings (SSSR count). The van der Waals surface area contributed by atoms with Crippen molar-refractivity contribution >= 4 is 5.91 Å². The molecule has 1 aromatic heterocycles. The Kier molecular flexibility index (Phi) is 5.64. The van der Waals surface area contributed by atoms with Crippen molar-refractivity contribution in [2.24, 2.45) is 5.92 Å². The number of carbonyl (C=O) groups excluding carboxylic acids is 1. The Balaban J connectivity index is 1.46. The average Bonchev–Trinajstić information content (AvgIpc) is 3.37. The molecule has 28 heavy (non-hydrogen) atoms. The van der Waals surface area contributed by atoms with Gasteiger partial charge in [0.15, 0.2) is 0 Å². The molecule has 1 amide bonds. The molecule has 1 saturated carbocycles. The van der Waals surface area contributed by atoms with Gasteiger partial charge in [0.25, 0.3) is 0 Å². The second-order valence-electron chi connectivity index (χ2n) is 8.11. The maximum Gasteiger partial charge on any atom is 0.346 e. The van der Waals surface area contributed by atoms with Crippen molar-refractivity contribution in [3.05, 3.63) is 52.2 Å². The first kappa shape index (κ1) is 19.0. The van der Waals surface area contributed by atoms with Crippen LogP contribution >= 0.6 is 0 Å². The highest BCUT2D eigenvalue weighted by Gasteiger charge is 2.32. The quantitative estimate of drug-likeness (QED) is 0.799. The Hall–Kier alpha value is -2.37. The summed E-state index contributed by atoms with van der Waals surface area (Å²) in [5.74, 6) is 1.72. The van der Waals surface area contributed by atoms with Crippen LogP contribution in [0.3, 0.4) is 0 Å². The molecular formula is C22H30N4O2. The average molecular weight is 383 g/mol. The van der Waals surface area contributed by atoms with E-state index in [1.165, 1.54) is 12.8 Å². The van der Waals surface area contributed by atoms with E-state index in [0.717, 1.165) is 50.2 Å². The smallest absolute Gasteiger partial charge is 0.342 e. The predicted octanol–water partition coefficient (Wildman–Crippen LogP) is 3.01. The number of nitrogens with zero attached hydrogens (tertiary/aromatic N) is 4. The minimum Gasteiger partial charge on any atom is -0.342 e. The fraction of sp³-hybridized carbons (Fsp3) is 0.591. The number of rotatable bonds is 5. The molecule has 0 N–H and O–H groups in total. The molecule has 0 spiro atoms. The van der Waals surface area contributed by atoms with Crippen LogP contribution in [-0.4, -0.2) is 38.2 Å². The molecule has 6 nitrogen and oxygen atoms in total. The van der Waals surface area contributed by atoms with Gasteiger partial charge < -0.3 is 4.90 Å². The summed E-state index contributed by atoms with van der Waals surface area (Å²) in [6.07, 6.45) is 6.26. The maximum atomic E-state index is 12.8. The molecule has 0 radical (unpaired) electrons. The zero-order valence-electron chi connectivity index (χ0n) is 16.7. The molecule has 0 bridgehead atoms. The van der Waals surface area contributed by atoms with Crippen molar-refractivity contribution in [1.82, 2.24) is 19.2 Å². The van der Waals surface area contributed by atoms with Crippen molar-refractivity contribution in [2.75, 3.05) is 13.1 Å². The van der Waals surface area contributed by atoms with Gasteiger partial charge >= 0.3 is 5.69 Å². The minimum absolute atomic E-state index is 0.0363. The molecule has 6 heteroatoms. The molecule has 1 aromatic carbocycles. The Morgan fingerprint density at radius 2 is 1.75 bits per heavy atom.